The molecule has 92 valence electrons. The van der Waals surface area contributed by atoms with Gasteiger partial charge >= 0.3 is 0 Å². The lowest BCUT2D eigenvalue weighted by Gasteiger charge is -2.06. The highest BCUT2D eigenvalue weighted by atomic mass is 16.3. The molecule has 0 radical (unpaired) electrons. The molecule has 0 saturated heterocycles. The van der Waals surface area contributed by atoms with Gasteiger partial charge in [-0.2, -0.15) is 0 Å². The van der Waals surface area contributed by atoms with Crippen LogP contribution in [0.4, 0.5) is 0 Å². The van der Waals surface area contributed by atoms with Gasteiger partial charge in [-0.05, 0) is 6.07 Å². The van der Waals surface area contributed by atoms with Crippen molar-refractivity contribution in [2.24, 2.45) is 0 Å². The number of furan rings is 1. The summed E-state index contributed by atoms with van der Waals surface area (Å²) in [6, 6.07) is 2.35. The molecule has 1 N–H and O–H groups in total. The van der Waals surface area contributed by atoms with E-state index in [0.717, 1.165) is 29.2 Å². The van der Waals surface area contributed by atoms with E-state index >= 15 is 0 Å². The zero-order chi connectivity index (χ0) is 12.3. The third-order valence-corrected chi connectivity index (χ3v) is 2.63. The van der Waals surface area contributed by atoms with Gasteiger partial charge in [0.05, 0.1) is 11.8 Å². The van der Waals surface area contributed by atoms with E-state index in [2.05, 4.69) is 31.1 Å². The first-order valence-corrected chi connectivity index (χ1v) is 5.94. The third-order valence-electron chi connectivity index (χ3n) is 2.63. The van der Waals surface area contributed by atoms with Crippen LogP contribution >= 0.6 is 0 Å². The number of aromatic nitrogens is 1. The van der Waals surface area contributed by atoms with Crippen LogP contribution in [0.25, 0.3) is 11.3 Å². The predicted molar refractivity (Wildman–Crippen MR) is 65.6 cm³/mol. The van der Waals surface area contributed by atoms with Gasteiger partial charge in [-0.3, -0.25) is 0 Å². The Balaban J connectivity index is 2.24. The Labute approximate surface area is 101 Å². The molecule has 2 rings (SSSR count). The topological polar surface area (TPSA) is 51.2 Å². The van der Waals surface area contributed by atoms with Crippen LogP contribution in [-0.2, 0) is 13.0 Å². The van der Waals surface area contributed by atoms with Crippen molar-refractivity contribution >= 4 is 0 Å². The molecular weight excluding hydrogens is 216 g/mol. The highest BCUT2D eigenvalue weighted by Gasteiger charge is 2.15. The first kappa shape index (κ1) is 11.9. The van der Waals surface area contributed by atoms with E-state index < -0.39 is 0 Å². The average Bonchev–Trinajstić information content (AvgIpc) is 2.93. The summed E-state index contributed by atoms with van der Waals surface area (Å²) in [6.45, 7) is 6.98. The molecule has 0 aliphatic rings. The second-order valence-corrected chi connectivity index (χ2v) is 4.27. The SMILES string of the molecule is CCc1occc1-c1ocnc1CNC(C)C. The van der Waals surface area contributed by atoms with Crippen LogP contribution < -0.4 is 5.32 Å². The van der Waals surface area contributed by atoms with Crippen LogP contribution in [-0.4, -0.2) is 11.0 Å². The Morgan fingerprint density at radius 2 is 2.18 bits per heavy atom. The lowest BCUT2D eigenvalue weighted by Crippen LogP contribution is -2.22. The van der Waals surface area contributed by atoms with Crippen molar-refractivity contribution in [3.05, 3.63) is 30.2 Å². The van der Waals surface area contributed by atoms with Crippen molar-refractivity contribution in [3.8, 4) is 11.3 Å². The van der Waals surface area contributed by atoms with E-state index in [0.29, 0.717) is 12.6 Å². The molecule has 2 heterocycles. The minimum atomic E-state index is 0.426. The van der Waals surface area contributed by atoms with Gasteiger partial charge < -0.3 is 14.2 Å². The van der Waals surface area contributed by atoms with E-state index in [4.69, 9.17) is 8.83 Å². The maximum Gasteiger partial charge on any atom is 0.181 e. The van der Waals surface area contributed by atoms with Crippen molar-refractivity contribution < 1.29 is 8.83 Å². The fourth-order valence-electron chi connectivity index (χ4n) is 1.73. The van der Waals surface area contributed by atoms with E-state index in [1.54, 1.807) is 6.26 Å². The number of oxazole rings is 1. The molecule has 0 amide bonds. The second kappa shape index (κ2) is 5.19. The quantitative estimate of drug-likeness (QED) is 0.864. The lowest BCUT2D eigenvalue weighted by molar-refractivity contribution is 0.512. The summed E-state index contributed by atoms with van der Waals surface area (Å²) in [4.78, 5) is 4.25. The Hall–Kier alpha value is -1.55. The van der Waals surface area contributed by atoms with Crippen LogP contribution in [0.15, 0.2) is 27.6 Å². The summed E-state index contributed by atoms with van der Waals surface area (Å²) in [7, 11) is 0. The molecule has 4 heteroatoms. The van der Waals surface area contributed by atoms with Gasteiger partial charge in [-0.15, -0.1) is 0 Å². The fourth-order valence-corrected chi connectivity index (χ4v) is 1.73. The molecule has 0 spiro atoms. The highest BCUT2D eigenvalue weighted by molar-refractivity contribution is 5.61. The first-order valence-electron chi connectivity index (χ1n) is 5.94. The molecule has 0 fully saturated rings. The van der Waals surface area contributed by atoms with E-state index in [9.17, 15) is 0 Å². The third kappa shape index (κ3) is 2.58. The monoisotopic (exact) mass is 234 g/mol. The van der Waals surface area contributed by atoms with Crippen molar-refractivity contribution in [3.63, 3.8) is 0 Å². The minimum Gasteiger partial charge on any atom is -0.469 e. The zero-order valence-corrected chi connectivity index (χ0v) is 10.5. The van der Waals surface area contributed by atoms with E-state index in [1.807, 2.05) is 6.07 Å². The number of rotatable bonds is 5. The summed E-state index contributed by atoms with van der Waals surface area (Å²) in [5.41, 5.74) is 1.93. The number of nitrogens with one attached hydrogen (secondary N) is 1. The number of hydrogen-bond donors (Lipinski definition) is 1. The summed E-state index contributed by atoms with van der Waals surface area (Å²) in [5.74, 6) is 1.75. The number of hydrogen-bond acceptors (Lipinski definition) is 4. The molecule has 0 aliphatic carbocycles. The Morgan fingerprint density at radius 1 is 1.35 bits per heavy atom. The molecule has 0 aliphatic heterocycles. The van der Waals surface area contributed by atoms with Crippen LogP contribution in [0.3, 0.4) is 0 Å². The molecule has 0 unspecified atom stereocenters. The summed E-state index contributed by atoms with van der Waals surface area (Å²) in [6.07, 6.45) is 4.02. The Bertz CT molecular complexity index is 471. The highest BCUT2D eigenvalue weighted by Crippen LogP contribution is 2.28. The Morgan fingerprint density at radius 3 is 2.88 bits per heavy atom. The largest absolute Gasteiger partial charge is 0.469 e. The average molecular weight is 234 g/mol. The van der Waals surface area contributed by atoms with Gasteiger partial charge in [-0.1, -0.05) is 20.8 Å². The van der Waals surface area contributed by atoms with Gasteiger partial charge in [0.1, 0.15) is 11.5 Å². The number of nitrogens with zero attached hydrogens (tertiary/aromatic N) is 1. The molecule has 0 bridgehead atoms. The second-order valence-electron chi connectivity index (χ2n) is 4.27. The number of aryl methyl sites for hydroxylation is 1. The molecule has 0 atom stereocenters. The summed E-state index contributed by atoms with van der Waals surface area (Å²) >= 11 is 0. The molecule has 0 aromatic carbocycles. The van der Waals surface area contributed by atoms with Crippen LogP contribution in [0.2, 0.25) is 0 Å². The molecule has 0 saturated carbocycles. The molecule has 2 aromatic heterocycles. The standard InChI is InChI=1S/C13H18N2O2/c1-4-12-10(5-6-16-12)13-11(15-8-17-13)7-14-9(2)3/h5-6,8-9,14H,4,7H2,1-3H3. The van der Waals surface area contributed by atoms with E-state index in [-0.39, 0.29) is 0 Å². The maximum atomic E-state index is 5.47. The van der Waals surface area contributed by atoms with Crippen molar-refractivity contribution in [2.75, 3.05) is 0 Å². The van der Waals surface area contributed by atoms with Crippen LogP contribution in [0.1, 0.15) is 32.2 Å². The summed E-state index contributed by atoms with van der Waals surface area (Å²) < 4.78 is 10.9. The van der Waals surface area contributed by atoms with Gasteiger partial charge in [0.15, 0.2) is 12.2 Å². The smallest absolute Gasteiger partial charge is 0.181 e. The summed E-state index contributed by atoms with van der Waals surface area (Å²) in [5, 5.41) is 3.33. The first-order chi connectivity index (χ1) is 8.22. The van der Waals surface area contributed by atoms with Gasteiger partial charge in [0, 0.05) is 19.0 Å². The van der Waals surface area contributed by atoms with Gasteiger partial charge in [0.25, 0.3) is 0 Å². The van der Waals surface area contributed by atoms with Crippen molar-refractivity contribution in [1.82, 2.24) is 10.3 Å². The molecule has 4 nitrogen and oxygen atoms in total. The van der Waals surface area contributed by atoms with Gasteiger partial charge in [-0.25, -0.2) is 4.98 Å². The Kier molecular flexibility index (Phi) is 3.64. The van der Waals surface area contributed by atoms with Crippen molar-refractivity contribution in [2.45, 2.75) is 39.8 Å². The normalized spacial score (nSPS) is 11.3. The molecule has 2 aromatic rings. The lowest BCUT2D eigenvalue weighted by atomic mass is 10.1. The van der Waals surface area contributed by atoms with Crippen LogP contribution in [0, 0.1) is 0 Å². The zero-order valence-electron chi connectivity index (χ0n) is 10.5. The molecule has 17 heavy (non-hydrogen) atoms. The maximum absolute atomic E-state index is 5.47. The van der Waals surface area contributed by atoms with Crippen LogP contribution in [0.5, 0.6) is 0 Å². The van der Waals surface area contributed by atoms with Gasteiger partial charge in [0.2, 0.25) is 0 Å². The predicted octanol–water partition coefficient (Wildman–Crippen LogP) is 3.00. The van der Waals surface area contributed by atoms with E-state index in [1.165, 1.54) is 6.39 Å². The molecular formula is C13H18N2O2. The fraction of sp³-hybridized carbons (Fsp3) is 0.462. The van der Waals surface area contributed by atoms with Crippen molar-refractivity contribution in [1.29, 1.82) is 0 Å². The minimum absolute atomic E-state index is 0.426.